The second-order valence-corrected chi connectivity index (χ2v) is 4.31. The minimum absolute atomic E-state index is 0.106. The van der Waals surface area contributed by atoms with E-state index < -0.39 is 12.1 Å². The van der Waals surface area contributed by atoms with Gasteiger partial charge in [-0.3, -0.25) is 4.84 Å². The molecular formula is C5H8N2O3S2. The minimum atomic E-state index is -0.819. The second-order valence-electron chi connectivity index (χ2n) is 1.91. The molecule has 0 radical (unpaired) electrons. The first kappa shape index (κ1) is 9.87. The van der Waals surface area contributed by atoms with Crippen molar-refractivity contribution in [2.75, 3.05) is 0 Å². The Balaban J connectivity index is 2.49. The van der Waals surface area contributed by atoms with Crippen LogP contribution >= 0.6 is 23.5 Å². The monoisotopic (exact) mass is 208 g/mol. The molecule has 7 heteroatoms. The van der Waals surface area contributed by atoms with Gasteiger partial charge in [-0.1, -0.05) is 0 Å². The summed E-state index contributed by atoms with van der Waals surface area (Å²) in [5.41, 5.74) is 0. The molecule has 1 atom stereocenters. The second kappa shape index (κ2) is 4.73. The normalized spacial score (nSPS) is 19.5. The Morgan fingerprint density at radius 1 is 1.42 bits per heavy atom. The smallest absolute Gasteiger partial charge is 0.357 e. The van der Waals surface area contributed by atoms with Crippen LogP contribution in [-0.2, 0) is 14.5 Å². The number of nitrogens with two attached hydrogens (primary N) is 2. The van der Waals surface area contributed by atoms with Gasteiger partial charge in [0.15, 0.2) is 6.10 Å². The molecule has 0 amide bonds. The van der Waals surface area contributed by atoms with Crippen molar-refractivity contribution in [2.24, 2.45) is 11.8 Å². The number of hydrogen-bond acceptors (Lipinski definition) is 7. The lowest BCUT2D eigenvalue weighted by Crippen LogP contribution is -2.37. The van der Waals surface area contributed by atoms with Crippen LogP contribution in [0.5, 0.6) is 0 Å². The van der Waals surface area contributed by atoms with E-state index in [1.165, 1.54) is 23.5 Å². The summed E-state index contributed by atoms with van der Waals surface area (Å²) < 4.78 is -0.106. The van der Waals surface area contributed by atoms with E-state index in [4.69, 9.17) is 11.8 Å². The van der Waals surface area contributed by atoms with Gasteiger partial charge in [-0.2, -0.15) is 5.90 Å². The molecule has 1 rings (SSSR count). The Labute approximate surface area is 77.7 Å². The highest BCUT2D eigenvalue weighted by Crippen LogP contribution is 2.36. The van der Waals surface area contributed by atoms with Crippen molar-refractivity contribution >= 4 is 29.5 Å². The van der Waals surface area contributed by atoms with Crippen molar-refractivity contribution in [3.05, 3.63) is 10.8 Å². The fourth-order valence-corrected chi connectivity index (χ4v) is 2.79. The number of carbonyl (C=O) groups is 1. The standard InChI is InChI=1S/C5H8N2O3S2/c6-9-3(4(8)10-7)5-11-1-2-12-5/h1-3,5H,6-7H2. The first-order valence-electron chi connectivity index (χ1n) is 3.01. The number of thioether (sulfide) groups is 2. The molecule has 1 unspecified atom stereocenters. The van der Waals surface area contributed by atoms with Crippen molar-refractivity contribution in [1.82, 2.24) is 0 Å². The van der Waals surface area contributed by atoms with Gasteiger partial charge in [0.25, 0.3) is 0 Å². The highest BCUT2D eigenvalue weighted by Gasteiger charge is 2.32. The van der Waals surface area contributed by atoms with E-state index in [1.54, 1.807) is 0 Å². The van der Waals surface area contributed by atoms with Crippen LogP contribution < -0.4 is 11.8 Å². The van der Waals surface area contributed by atoms with Crippen LogP contribution in [0.15, 0.2) is 10.8 Å². The molecule has 0 saturated heterocycles. The SMILES string of the molecule is NOC(=O)C(ON)C1SC=CS1. The van der Waals surface area contributed by atoms with Crippen LogP contribution in [0.2, 0.25) is 0 Å². The number of rotatable bonds is 3. The van der Waals surface area contributed by atoms with Gasteiger partial charge >= 0.3 is 5.97 Å². The third kappa shape index (κ3) is 2.14. The minimum Gasteiger partial charge on any atom is -0.371 e. The van der Waals surface area contributed by atoms with Crippen LogP contribution in [0.3, 0.4) is 0 Å². The first-order chi connectivity index (χ1) is 5.79. The maximum absolute atomic E-state index is 10.9. The molecule has 68 valence electrons. The van der Waals surface area contributed by atoms with Crippen molar-refractivity contribution in [1.29, 1.82) is 0 Å². The lowest BCUT2D eigenvalue weighted by molar-refractivity contribution is -0.156. The number of carbonyl (C=O) groups excluding carboxylic acids is 1. The van der Waals surface area contributed by atoms with Gasteiger partial charge in [-0.15, -0.1) is 23.5 Å². The molecule has 0 fully saturated rings. The lowest BCUT2D eigenvalue weighted by atomic mass is 10.4. The molecule has 0 bridgehead atoms. The van der Waals surface area contributed by atoms with E-state index in [1.807, 2.05) is 10.8 Å². The summed E-state index contributed by atoms with van der Waals surface area (Å²) >= 11 is 2.88. The molecule has 1 aliphatic heterocycles. The fourth-order valence-electron chi connectivity index (χ4n) is 0.692. The summed E-state index contributed by atoms with van der Waals surface area (Å²) in [6, 6.07) is 0. The molecule has 0 saturated carbocycles. The summed E-state index contributed by atoms with van der Waals surface area (Å²) in [5.74, 6) is 8.95. The van der Waals surface area contributed by atoms with Crippen molar-refractivity contribution in [3.8, 4) is 0 Å². The van der Waals surface area contributed by atoms with Crippen LogP contribution in [0, 0.1) is 0 Å². The molecule has 0 aromatic carbocycles. The zero-order chi connectivity index (χ0) is 8.97. The summed E-state index contributed by atoms with van der Waals surface area (Å²) in [6.07, 6.45) is -0.819. The third-order valence-electron chi connectivity index (χ3n) is 1.22. The Hall–Kier alpha value is -0.210. The van der Waals surface area contributed by atoms with Gasteiger partial charge in [0, 0.05) is 0 Å². The van der Waals surface area contributed by atoms with Gasteiger partial charge in [0.1, 0.15) is 0 Å². The van der Waals surface area contributed by atoms with Crippen LogP contribution in [0.4, 0.5) is 0 Å². The van der Waals surface area contributed by atoms with Crippen LogP contribution in [0.1, 0.15) is 0 Å². The maximum Gasteiger partial charge on any atom is 0.357 e. The largest absolute Gasteiger partial charge is 0.371 e. The van der Waals surface area contributed by atoms with Gasteiger partial charge in [-0.25, -0.2) is 10.7 Å². The van der Waals surface area contributed by atoms with Crippen LogP contribution in [-0.4, -0.2) is 16.7 Å². The van der Waals surface area contributed by atoms with Gasteiger partial charge in [-0.05, 0) is 10.8 Å². The van der Waals surface area contributed by atoms with E-state index in [9.17, 15) is 4.79 Å². The predicted octanol–water partition coefficient (Wildman–Crippen LogP) is -0.0605. The topological polar surface area (TPSA) is 87.6 Å². The summed E-state index contributed by atoms with van der Waals surface area (Å²) in [7, 11) is 0. The van der Waals surface area contributed by atoms with E-state index in [2.05, 4.69) is 9.68 Å². The van der Waals surface area contributed by atoms with Crippen molar-refractivity contribution in [2.45, 2.75) is 10.7 Å². The molecule has 1 aliphatic rings. The van der Waals surface area contributed by atoms with E-state index in [0.717, 1.165) is 0 Å². The molecule has 0 aliphatic carbocycles. The molecule has 0 aromatic heterocycles. The van der Waals surface area contributed by atoms with Gasteiger partial charge in [0.05, 0.1) is 4.58 Å². The Bertz CT molecular complexity index is 191. The summed E-state index contributed by atoms with van der Waals surface area (Å²) in [6.45, 7) is 0. The fraction of sp³-hybridized carbons (Fsp3) is 0.400. The van der Waals surface area contributed by atoms with Gasteiger partial charge in [0.2, 0.25) is 0 Å². The van der Waals surface area contributed by atoms with E-state index >= 15 is 0 Å². The molecule has 5 nitrogen and oxygen atoms in total. The van der Waals surface area contributed by atoms with Crippen molar-refractivity contribution in [3.63, 3.8) is 0 Å². The predicted molar refractivity (Wildman–Crippen MR) is 47.4 cm³/mol. The highest BCUT2D eigenvalue weighted by molar-refractivity contribution is 8.22. The Kier molecular flexibility index (Phi) is 3.89. The van der Waals surface area contributed by atoms with Gasteiger partial charge < -0.3 is 4.84 Å². The summed E-state index contributed by atoms with van der Waals surface area (Å²) in [4.78, 5) is 19.4. The van der Waals surface area contributed by atoms with Crippen LogP contribution in [0.25, 0.3) is 0 Å². The Morgan fingerprint density at radius 3 is 2.42 bits per heavy atom. The Morgan fingerprint density at radius 2 is 2.00 bits per heavy atom. The zero-order valence-corrected chi connectivity index (χ0v) is 7.64. The van der Waals surface area contributed by atoms with E-state index in [-0.39, 0.29) is 4.58 Å². The maximum atomic E-state index is 10.9. The molecule has 12 heavy (non-hydrogen) atoms. The first-order valence-corrected chi connectivity index (χ1v) is 4.90. The molecular weight excluding hydrogens is 200 g/mol. The highest BCUT2D eigenvalue weighted by atomic mass is 32.2. The zero-order valence-electron chi connectivity index (χ0n) is 6.01. The number of hydrogen-bond donors (Lipinski definition) is 2. The summed E-state index contributed by atoms with van der Waals surface area (Å²) in [5, 5.41) is 3.70. The molecule has 1 heterocycles. The lowest BCUT2D eigenvalue weighted by Gasteiger charge is -2.15. The van der Waals surface area contributed by atoms with E-state index in [0.29, 0.717) is 0 Å². The molecule has 0 spiro atoms. The quantitative estimate of drug-likeness (QED) is 0.628. The van der Waals surface area contributed by atoms with Crippen molar-refractivity contribution < 1.29 is 14.5 Å². The third-order valence-corrected chi connectivity index (χ3v) is 3.68. The molecule has 0 aromatic rings. The average molecular weight is 208 g/mol. The molecule has 4 N–H and O–H groups in total. The average Bonchev–Trinajstić information content (AvgIpc) is 2.58.